The maximum atomic E-state index is 12.6. The number of rotatable bonds is 5. The summed E-state index contributed by atoms with van der Waals surface area (Å²) in [4.78, 5) is 25.6. The Labute approximate surface area is 164 Å². The quantitative estimate of drug-likeness (QED) is 0.443. The third-order valence-corrected chi connectivity index (χ3v) is 6.17. The minimum atomic E-state index is -3.73. The number of aromatic amines is 1. The maximum Gasteiger partial charge on any atom is 0.530 e. The van der Waals surface area contributed by atoms with Gasteiger partial charge in [0.05, 0.1) is 24.9 Å². The Morgan fingerprint density at radius 3 is 3.00 bits per heavy atom. The van der Waals surface area contributed by atoms with Crippen LogP contribution in [-0.4, -0.2) is 28.5 Å². The molecule has 0 spiro atoms. The lowest BCUT2D eigenvalue weighted by atomic mass is 10.2. The summed E-state index contributed by atoms with van der Waals surface area (Å²) >= 11 is 4.93. The first-order chi connectivity index (χ1) is 13.5. The van der Waals surface area contributed by atoms with Crippen molar-refractivity contribution in [3.05, 3.63) is 56.7 Å². The Morgan fingerprint density at radius 2 is 2.18 bits per heavy atom. The fourth-order valence-electron chi connectivity index (χ4n) is 3.06. The van der Waals surface area contributed by atoms with Crippen molar-refractivity contribution in [1.82, 2.24) is 9.55 Å². The van der Waals surface area contributed by atoms with Crippen LogP contribution < -0.4 is 10.2 Å². The first-order valence-electron chi connectivity index (χ1n) is 8.60. The standard InChI is InChI=1S/C17H17N2O7PS/c20-8-12-7-19(17(21)18-16(12)28)15-6-5-13(25-15)10-24-27(22)23-9-11-3-1-2-4-14(11)26-27/h1-4,7-8,13,15H,5-6,9-10H2,(H,18,21,28). The van der Waals surface area contributed by atoms with Crippen LogP contribution in [0.25, 0.3) is 0 Å². The van der Waals surface area contributed by atoms with Gasteiger partial charge in [-0.15, -0.1) is 0 Å². The molecule has 0 aliphatic carbocycles. The van der Waals surface area contributed by atoms with Crippen molar-refractivity contribution < 1.29 is 27.7 Å². The van der Waals surface area contributed by atoms with Gasteiger partial charge >= 0.3 is 13.5 Å². The number of benzene rings is 1. The number of aromatic nitrogens is 2. The first kappa shape index (κ1) is 19.2. The largest absolute Gasteiger partial charge is 0.530 e. The van der Waals surface area contributed by atoms with E-state index in [-0.39, 0.29) is 23.4 Å². The summed E-state index contributed by atoms with van der Waals surface area (Å²) in [6, 6.07) is 7.13. The Hall–Kier alpha value is -2.10. The molecule has 1 saturated heterocycles. The normalized spacial score (nSPS) is 26.4. The minimum Gasteiger partial charge on any atom is -0.404 e. The van der Waals surface area contributed by atoms with Crippen molar-refractivity contribution in [2.75, 3.05) is 6.61 Å². The Bertz CT molecular complexity index is 1070. The zero-order chi connectivity index (χ0) is 19.7. The van der Waals surface area contributed by atoms with E-state index < -0.39 is 25.8 Å². The lowest BCUT2D eigenvalue weighted by Gasteiger charge is -2.25. The highest BCUT2D eigenvalue weighted by Gasteiger charge is 2.36. The molecule has 1 fully saturated rings. The number of nitrogens with zero attached hydrogens (tertiary/aromatic N) is 1. The summed E-state index contributed by atoms with van der Waals surface area (Å²) in [6.07, 6.45) is 2.04. The zero-order valence-electron chi connectivity index (χ0n) is 14.6. The lowest BCUT2D eigenvalue weighted by Crippen LogP contribution is -2.28. The van der Waals surface area contributed by atoms with Gasteiger partial charge in [0.15, 0.2) is 6.29 Å². The van der Waals surface area contributed by atoms with E-state index in [1.807, 2.05) is 12.1 Å². The Kier molecular flexibility index (Phi) is 5.31. The summed E-state index contributed by atoms with van der Waals surface area (Å²) in [5.74, 6) is 0.467. The second-order valence-corrected chi connectivity index (χ2v) is 8.38. The molecule has 148 valence electrons. The second-order valence-electron chi connectivity index (χ2n) is 6.37. The van der Waals surface area contributed by atoms with Gasteiger partial charge in [0.2, 0.25) is 0 Å². The van der Waals surface area contributed by atoms with E-state index in [9.17, 15) is 14.2 Å². The third kappa shape index (κ3) is 3.87. The number of carbonyl (C=O) groups is 1. The molecule has 2 aromatic rings. The van der Waals surface area contributed by atoms with Crippen molar-refractivity contribution in [2.45, 2.75) is 31.8 Å². The molecule has 0 saturated carbocycles. The summed E-state index contributed by atoms with van der Waals surface area (Å²) in [7, 11) is -3.73. The molecule has 0 bridgehead atoms. The molecule has 1 aromatic carbocycles. The van der Waals surface area contributed by atoms with Gasteiger partial charge in [-0.2, -0.15) is 0 Å². The molecule has 3 unspecified atom stereocenters. The fraction of sp³-hybridized carbons (Fsp3) is 0.353. The maximum absolute atomic E-state index is 12.6. The van der Waals surface area contributed by atoms with Crippen LogP contribution in [0.3, 0.4) is 0 Å². The average molecular weight is 424 g/mol. The van der Waals surface area contributed by atoms with Crippen LogP contribution >= 0.6 is 20.0 Å². The van der Waals surface area contributed by atoms with Gasteiger partial charge in [0, 0.05) is 11.8 Å². The second kappa shape index (κ2) is 7.73. The van der Waals surface area contributed by atoms with Crippen LogP contribution in [-0.2, 0) is 25.0 Å². The number of aldehydes is 1. The fourth-order valence-corrected chi connectivity index (χ4v) is 4.49. The van der Waals surface area contributed by atoms with Crippen LogP contribution in [0.1, 0.15) is 35.0 Å². The molecule has 2 aliphatic heterocycles. The Balaban J connectivity index is 1.40. The van der Waals surface area contributed by atoms with Crippen LogP contribution in [0.2, 0.25) is 0 Å². The van der Waals surface area contributed by atoms with Crippen LogP contribution in [0.5, 0.6) is 5.75 Å². The van der Waals surface area contributed by atoms with Crippen molar-refractivity contribution >= 4 is 26.3 Å². The summed E-state index contributed by atoms with van der Waals surface area (Å²) < 4.78 is 35.9. The van der Waals surface area contributed by atoms with Crippen LogP contribution in [0, 0.1) is 4.64 Å². The van der Waals surface area contributed by atoms with E-state index in [4.69, 9.17) is 30.5 Å². The molecule has 11 heteroatoms. The highest BCUT2D eigenvalue weighted by Crippen LogP contribution is 2.54. The number of phosphoric ester groups is 1. The number of phosphoric acid groups is 1. The predicted molar refractivity (Wildman–Crippen MR) is 99.8 cm³/mol. The molecule has 3 heterocycles. The zero-order valence-corrected chi connectivity index (χ0v) is 16.3. The number of fused-ring (bicyclic) bond motifs is 1. The molecule has 4 rings (SSSR count). The van der Waals surface area contributed by atoms with Gasteiger partial charge in [-0.1, -0.05) is 30.4 Å². The number of hydrogen-bond acceptors (Lipinski definition) is 8. The first-order valence-corrected chi connectivity index (χ1v) is 10.5. The summed E-state index contributed by atoms with van der Waals surface area (Å²) in [5.41, 5.74) is 0.525. The summed E-state index contributed by atoms with van der Waals surface area (Å²) in [5, 5.41) is 0. The molecule has 2 aliphatic rings. The van der Waals surface area contributed by atoms with E-state index in [2.05, 4.69) is 4.98 Å². The number of para-hydroxylation sites is 1. The highest BCUT2D eigenvalue weighted by molar-refractivity contribution is 7.71. The van der Waals surface area contributed by atoms with Crippen LogP contribution in [0.15, 0.2) is 35.3 Å². The monoisotopic (exact) mass is 424 g/mol. The average Bonchev–Trinajstić information content (AvgIpc) is 3.15. The van der Waals surface area contributed by atoms with Gasteiger partial charge in [0.25, 0.3) is 0 Å². The molecule has 0 radical (unpaired) electrons. The molecule has 0 amide bonds. The lowest BCUT2D eigenvalue weighted by molar-refractivity contribution is -0.0264. The predicted octanol–water partition coefficient (Wildman–Crippen LogP) is 3.13. The van der Waals surface area contributed by atoms with E-state index in [0.717, 1.165) is 5.56 Å². The minimum absolute atomic E-state index is 0.0198. The van der Waals surface area contributed by atoms with E-state index in [1.54, 1.807) is 12.1 Å². The van der Waals surface area contributed by atoms with Gasteiger partial charge in [0.1, 0.15) is 16.6 Å². The van der Waals surface area contributed by atoms with Crippen molar-refractivity contribution in [1.29, 1.82) is 0 Å². The molecule has 3 atom stereocenters. The summed E-state index contributed by atoms with van der Waals surface area (Å²) in [6.45, 7) is 0.114. The van der Waals surface area contributed by atoms with Crippen molar-refractivity contribution in [2.24, 2.45) is 0 Å². The van der Waals surface area contributed by atoms with E-state index in [1.165, 1.54) is 10.8 Å². The molecule has 1 N–H and O–H groups in total. The SMILES string of the molecule is O=Cc1cn(C2CCC(COP3(=O)OCc4ccccc4O3)O2)c(=O)[nH]c1=S. The number of nitrogens with one attached hydrogen (secondary N) is 1. The van der Waals surface area contributed by atoms with Gasteiger partial charge in [-0.05, 0) is 18.9 Å². The van der Waals surface area contributed by atoms with Gasteiger partial charge in [-0.25, -0.2) is 9.36 Å². The Morgan fingerprint density at radius 1 is 1.36 bits per heavy atom. The number of H-pyrrole nitrogens is 1. The van der Waals surface area contributed by atoms with Gasteiger partial charge in [-0.3, -0.25) is 23.4 Å². The third-order valence-electron chi connectivity index (χ3n) is 4.50. The molecular weight excluding hydrogens is 407 g/mol. The molecule has 9 nitrogen and oxygen atoms in total. The van der Waals surface area contributed by atoms with Crippen molar-refractivity contribution in [3.63, 3.8) is 0 Å². The smallest absolute Gasteiger partial charge is 0.404 e. The number of carbonyl (C=O) groups excluding carboxylic acids is 1. The van der Waals surface area contributed by atoms with Crippen LogP contribution in [0.4, 0.5) is 0 Å². The van der Waals surface area contributed by atoms with Crippen molar-refractivity contribution in [3.8, 4) is 5.75 Å². The topological polar surface area (TPSA) is 109 Å². The molecular formula is C17H17N2O7PS. The highest BCUT2D eigenvalue weighted by atomic mass is 32.1. The number of ether oxygens (including phenoxy) is 1. The molecule has 1 aromatic heterocycles. The molecule has 28 heavy (non-hydrogen) atoms. The van der Waals surface area contributed by atoms with E-state index in [0.29, 0.717) is 24.9 Å². The number of hydrogen-bond donors (Lipinski definition) is 1. The van der Waals surface area contributed by atoms with Gasteiger partial charge < -0.3 is 9.26 Å². The van der Waals surface area contributed by atoms with E-state index >= 15 is 0 Å².